The number of aromatic hydroxyl groups is 1. The molecule has 2 aromatic carbocycles. The Morgan fingerprint density at radius 2 is 1.92 bits per heavy atom. The van der Waals surface area contributed by atoms with Gasteiger partial charge in [0.05, 0.1) is 6.10 Å². The Hall–Kier alpha value is -3.86. The predicted molar refractivity (Wildman–Crippen MR) is 137 cm³/mol. The van der Waals surface area contributed by atoms with Crippen LogP contribution < -0.4 is 5.32 Å². The second-order valence-electron chi connectivity index (χ2n) is 9.80. The lowest BCUT2D eigenvalue weighted by molar-refractivity contribution is -0.143. The Balaban J connectivity index is 1.60. The van der Waals surface area contributed by atoms with Crippen LogP contribution in [-0.4, -0.2) is 67.8 Å². The van der Waals surface area contributed by atoms with Gasteiger partial charge in [0.2, 0.25) is 17.6 Å². The molecule has 1 aliphatic heterocycles. The van der Waals surface area contributed by atoms with Crippen molar-refractivity contribution in [2.24, 2.45) is 5.92 Å². The molecule has 0 bridgehead atoms. The summed E-state index contributed by atoms with van der Waals surface area (Å²) in [6.07, 6.45) is 2.24. The van der Waals surface area contributed by atoms with E-state index in [1.807, 2.05) is 0 Å². The molecular weight excluding hydrogens is 491 g/mol. The standard InChI is InChI=1S/C27H33FN6O4/c1-18(2)13-14-29-27(37)25(19-7-11-22(35)12-8-19)33(16-23-4-3-15-38-23)24(36)17-34-31-26(30-32-34)20-5-9-21(28)10-6-20/h5-12,18,23,25,35H,3-4,13-17H2,1-2H3,(H,29,37)/t23-,25-/m1/s1. The highest BCUT2D eigenvalue weighted by atomic mass is 19.1. The summed E-state index contributed by atoms with van der Waals surface area (Å²) in [5.74, 6) is -0.370. The number of phenolic OH excluding ortho intramolecular Hbond substituents is 1. The van der Waals surface area contributed by atoms with Crippen molar-refractivity contribution in [1.29, 1.82) is 0 Å². The fraction of sp³-hybridized carbons (Fsp3) is 0.444. The SMILES string of the molecule is CC(C)CCNC(=O)[C@@H](c1ccc(O)cc1)N(C[C@H]1CCCO1)C(=O)Cn1nnc(-c2ccc(F)cc2)n1. The van der Waals surface area contributed by atoms with Gasteiger partial charge in [-0.1, -0.05) is 26.0 Å². The Labute approximate surface area is 220 Å². The van der Waals surface area contributed by atoms with Gasteiger partial charge in [-0.25, -0.2) is 4.39 Å². The summed E-state index contributed by atoms with van der Waals surface area (Å²) in [5, 5.41) is 25.1. The van der Waals surface area contributed by atoms with E-state index in [0.29, 0.717) is 30.2 Å². The van der Waals surface area contributed by atoms with Gasteiger partial charge < -0.3 is 20.1 Å². The van der Waals surface area contributed by atoms with Crippen molar-refractivity contribution < 1.29 is 23.8 Å². The van der Waals surface area contributed by atoms with Gasteiger partial charge in [0.15, 0.2) is 0 Å². The molecule has 0 spiro atoms. The third kappa shape index (κ3) is 7.12. The van der Waals surface area contributed by atoms with Crippen LogP contribution in [0.5, 0.6) is 5.75 Å². The zero-order chi connectivity index (χ0) is 27.1. The third-order valence-electron chi connectivity index (χ3n) is 6.37. The second kappa shape index (κ2) is 12.6. The van der Waals surface area contributed by atoms with Crippen LogP contribution in [-0.2, 0) is 20.9 Å². The molecule has 2 heterocycles. The fourth-order valence-electron chi connectivity index (χ4n) is 4.31. The molecule has 0 saturated carbocycles. The van der Waals surface area contributed by atoms with Crippen molar-refractivity contribution in [3.63, 3.8) is 0 Å². The zero-order valence-electron chi connectivity index (χ0n) is 21.6. The minimum absolute atomic E-state index is 0.0601. The predicted octanol–water partition coefficient (Wildman–Crippen LogP) is 3.10. The van der Waals surface area contributed by atoms with E-state index in [1.54, 1.807) is 12.1 Å². The van der Waals surface area contributed by atoms with Crippen LogP contribution in [0.3, 0.4) is 0 Å². The molecule has 0 radical (unpaired) electrons. The quantitative estimate of drug-likeness (QED) is 0.395. The maximum absolute atomic E-state index is 13.7. The lowest BCUT2D eigenvalue weighted by atomic mass is 10.0. The fourth-order valence-corrected chi connectivity index (χ4v) is 4.31. The number of carbonyl (C=O) groups excluding carboxylic acids is 2. The molecule has 1 aliphatic rings. The summed E-state index contributed by atoms with van der Waals surface area (Å²) in [6.45, 7) is 5.17. The number of halogens is 1. The number of nitrogens with zero attached hydrogens (tertiary/aromatic N) is 5. The Bertz CT molecular complexity index is 1210. The number of benzene rings is 2. The lowest BCUT2D eigenvalue weighted by Gasteiger charge is -2.33. The molecule has 2 amide bonds. The summed E-state index contributed by atoms with van der Waals surface area (Å²) in [6, 6.07) is 11.0. The van der Waals surface area contributed by atoms with E-state index in [2.05, 4.69) is 34.6 Å². The molecular formula is C27H33FN6O4. The number of hydrogen-bond acceptors (Lipinski definition) is 7. The normalized spacial score (nSPS) is 15.9. The monoisotopic (exact) mass is 524 g/mol. The van der Waals surface area contributed by atoms with Crippen LogP contribution >= 0.6 is 0 Å². The number of carbonyl (C=O) groups is 2. The van der Waals surface area contributed by atoms with Crippen molar-refractivity contribution in [3.05, 3.63) is 59.9 Å². The van der Waals surface area contributed by atoms with Gasteiger partial charge in [-0.2, -0.15) is 4.80 Å². The highest BCUT2D eigenvalue weighted by Gasteiger charge is 2.34. The highest BCUT2D eigenvalue weighted by Crippen LogP contribution is 2.26. The number of amides is 2. The number of rotatable bonds is 11. The molecule has 0 unspecified atom stereocenters. The first-order valence-corrected chi connectivity index (χ1v) is 12.8. The minimum atomic E-state index is -0.945. The summed E-state index contributed by atoms with van der Waals surface area (Å²) < 4.78 is 19.1. The van der Waals surface area contributed by atoms with Crippen LogP contribution in [0.1, 0.15) is 44.7 Å². The Morgan fingerprint density at radius 1 is 1.18 bits per heavy atom. The van der Waals surface area contributed by atoms with E-state index in [0.717, 1.165) is 24.1 Å². The molecule has 202 valence electrons. The van der Waals surface area contributed by atoms with E-state index in [1.165, 1.54) is 41.3 Å². The van der Waals surface area contributed by atoms with E-state index >= 15 is 0 Å². The van der Waals surface area contributed by atoms with E-state index in [9.17, 15) is 19.1 Å². The molecule has 11 heteroatoms. The van der Waals surface area contributed by atoms with E-state index in [-0.39, 0.29) is 48.4 Å². The van der Waals surface area contributed by atoms with Gasteiger partial charge in [0.1, 0.15) is 24.2 Å². The first-order chi connectivity index (χ1) is 18.3. The Kier molecular flexibility index (Phi) is 9.01. The van der Waals surface area contributed by atoms with E-state index in [4.69, 9.17) is 4.74 Å². The number of nitrogens with one attached hydrogen (secondary N) is 1. The summed E-state index contributed by atoms with van der Waals surface area (Å²) in [5.41, 5.74) is 1.13. The van der Waals surface area contributed by atoms with Gasteiger partial charge in [-0.05, 0) is 72.4 Å². The lowest BCUT2D eigenvalue weighted by Crippen LogP contribution is -2.48. The first-order valence-electron chi connectivity index (χ1n) is 12.8. The van der Waals surface area contributed by atoms with Crippen LogP contribution in [0.2, 0.25) is 0 Å². The number of tetrazole rings is 1. The average molecular weight is 525 g/mol. The van der Waals surface area contributed by atoms with Crippen molar-refractivity contribution in [1.82, 2.24) is 30.4 Å². The zero-order valence-corrected chi connectivity index (χ0v) is 21.6. The highest BCUT2D eigenvalue weighted by molar-refractivity contribution is 5.88. The third-order valence-corrected chi connectivity index (χ3v) is 6.37. The first kappa shape index (κ1) is 27.2. The molecule has 3 aromatic rings. The van der Waals surface area contributed by atoms with Gasteiger partial charge in [0, 0.05) is 25.3 Å². The van der Waals surface area contributed by atoms with Crippen LogP contribution in [0.25, 0.3) is 11.4 Å². The second-order valence-corrected chi connectivity index (χ2v) is 9.80. The molecule has 2 atom stereocenters. The maximum atomic E-state index is 13.7. The van der Waals surface area contributed by atoms with Crippen molar-refractivity contribution in [2.45, 2.75) is 51.8 Å². The van der Waals surface area contributed by atoms with Crippen LogP contribution in [0.4, 0.5) is 4.39 Å². The minimum Gasteiger partial charge on any atom is -0.508 e. The van der Waals surface area contributed by atoms with Crippen molar-refractivity contribution in [3.8, 4) is 17.1 Å². The topological polar surface area (TPSA) is 122 Å². The number of ether oxygens (including phenoxy) is 1. The van der Waals surface area contributed by atoms with Gasteiger partial charge in [0.25, 0.3) is 0 Å². The molecule has 1 saturated heterocycles. The molecule has 2 N–H and O–H groups in total. The average Bonchev–Trinajstić information content (AvgIpc) is 3.57. The van der Waals surface area contributed by atoms with Crippen molar-refractivity contribution in [2.75, 3.05) is 19.7 Å². The summed E-state index contributed by atoms with van der Waals surface area (Å²) >= 11 is 0. The van der Waals surface area contributed by atoms with E-state index < -0.39 is 6.04 Å². The van der Waals surface area contributed by atoms with Gasteiger partial charge in [-0.15, -0.1) is 10.2 Å². The van der Waals surface area contributed by atoms with Gasteiger partial charge >= 0.3 is 0 Å². The molecule has 10 nitrogen and oxygen atoms in total. The summed E-state index contributed by atoms with van der Waals surface area (Å²) in [4.78, 5) is 29.9. The van der Waals surface area contributed by atoms with Gasteiger partial charge in [-0.3, -0.25) is 9.59 Å². The number of aromatic nitrogens is 4. The number of hydrogen-bond donors (Lipinski definition) is 2. The molecule has 4 rings (SSSR count). The molecule has 0 aliphatic carbocycles. The number of phenols is 1. The largest absolute Gasteiger partial charge is 0.508 e. The smallest absolute Gasteiger partial charge is 0.247 e. The van der Waals surface area contributed by atoms with Crippen molar-refractivity contribution >= 4 is 11.8 Å². The molecule has 1 fully saturated rings. The Morgan fingerprint density at radius 3 is 2.58 bits per heavy atom. The summed E-state index contributed by atoms with van der Waals surface area (Å²) in [7, 11) is 0. The molecule has 1 aromatic heterocycles. The van der Waals surface area contributed by atoms with Crippen LogP contribution in [0.15, 0.2) is 48.5 Å². The van der Waals surface area contributed by atoms with Crippen LogP contribution in [0, 0.1) is 11.7 Å². The molecule has 38 heavy (non-hydrogen) atoms. The maximum Gasteiger partial charge on any atom is 0.247 e.